The van der Waals surface area contributed by atoms with Crippen molar-refractivity contribution < 1.29 is 9.90 Å². The zero-order valence-electron chi connectivity index (χ0n) is 7.57. The minimum Gasteiger partial charge on any atom is -0.393 e. The molecule has 0 aliphatic heterocycles. The molecule has 3 heteroatoms. The molecule has 2 N–H and O–H groups in total. The van der Waals surface area contributed by atoms with Crippen molar-refractivity contribution in [3.63, 3.8) is 0 Å². The first-order valence-corrected chi connectivity index (χ1v) is 4.89. The fraction of sp³-hybridized carbons (Fsp3) is 0.700. The van der Waals surface area contributed by atoms with Gasteiger partial charge in [0.1, 0.15) is 0 Å². The van der Waals surface area contributed by atoms with Crippen molar-refractivity contribution in [2.75, 3.05) is 0 Å². The van der Waals surface area contributed by atoms with Crippen LogP contribution in [0.15, 0.2) is 12.2 Å². The molecule has 1 amide bonds. The molecule has 0 bridgehead atoms. The van der Waals surface area contributed by atoms with Gasteiger partial charge in [0, 0.05) is 12.0 Å². The molecule has 3 nitrogen and oxygen atoms in total. The lowest BCUT2D eigenvalue weighted by atomic mass is 9.89. The van der Waals surface area contributed by atoms with Gasteiger partial charge in [-0.05, 0) is 25.7 Å². The van der Waals surface area contributed by atoms with E-state index < -0.39 is 0 Å². The maximum Gasteiger partial charge on any atom is 0.223 e. The van der Waals surface area contributed by atoms with E-state index >= 15 is 0 Å². The van der Waals surface area contributed by atoms with Crippen molar-refractivity contribution in [2.24, 2.45) is 5.92 Å². The van der Waals surface area contributed by atoms with E-state index in [1.54, 1.807) is 0 Å². The standard InChI is InChI=1S/C10H15NO2/c12-9-5-8(6-9)11-10(13)7-3-1-2-4-7/h1-2,7-9,12H,3-6H2,(H,11,13). The summed E-state index contributed by atoms with van der Waals surface area (Å²) >= 11 is 0. The predicted molar refractivity (Wildman–Crippen MR) is 49.0 cm³/mol. The third-order valence-corrected chi connectivity index (χ3v) is 2.84. The van der Waals surface area contributed by atoms with Crippen LogP contribution in [0.25, 0.3) is 0 Å². The first kappa shape index (κ1) is 8.75. The zero-order valence-corrected chi connectivity index (χ0v) is 7.57. The lowest BCUT2D eigenvalue weighted by Gasteiger charge is -2.32. The van der Waals surface area contributed by atoms with E-state index in [2.05, 4.69) is 17.5 Å². The number of carbonyl (C=O) groups excluding carboxylic acids is 1. The maximum absolute atomic E-state index is 11.5. The van der Waals surface area contributed by atoms with Crippen LogP contribution in [0.5, 0.6) is 0 Å². The van der Waals surface area contributed by atoms with Crippen LogP contribution >= 0.6 is 0 Å². The highest BCUT2D eigenvalue weighted by Crippen LogP contribution is 2.22. The highest BCUT2D eigenvalue weighted by Gasteiger charge is 2.30. The molecule has 1 saturated carbocycles. The summed E-state index contributed by atoms with van der Waals surface area (Å²) in [5.41, 5.74) is 0. The van der Waals surface area contributed by atoms with E-state index in [0.717, 1.165) is 25.7 Å². The minimum atomic E-state index is -0.188. The summed E-state index contributed by atoms with van der Waals surface area (Å²) in [7, 11) is 0. The van der Waals surface area contributed by atoms with E-state index in [1.807, 2.05) is 0 Å². The van der Waals surface area contributed by atoms with Gasteiger partial charge in [0.2, 0.25) is 5.91 Å². The van der Waals surface area contributed by atoms with Gasteiger partial charge >= 0.3 is 0 Å². The SMILES string of the molecule is O=C(NC1CC(O)C1)C1CC=CC1. The van der Waals surface area contributed by atoms with Gasteiger partial charge < -0.3 is 10.4 Å². The van der Waals surface area contributed by atoms with Gasteiger partial charge in [-0.15, -0.1) is 0 Å². The number of hydrogen-bond donors (Lipinski definition) is 2. The number of nitrogens with one attached hydrogen (secondary N) is 1. The van der Waals surface area contributed by atoms with Gasteiger partial charge in [-0.3, -0.25) is 4.79 Å². The Morgan fingerprint density at radius 1 is 1.31 bits per heavy atom. The third-order valence-electron chi connectivity index (χ3n) is 2.84. The highest BCUT2D eigenvalue weighted by atomic mass is 16.3. The average molecular weight is 181 g/mol. The van der Waals surface area contributed by atoms with Crippen molar-refractivity contribution in [1.29, 1.82) is 0 Å². The quantitative estimate of drug-likeness (QED) is 0.613. The number of allylic oxidation sites excluding steroid dienone is 2. The van der Waals surface area contributed by atoms with E-state index in [-0.39, 0.29) is 24.0 Å². The predicted octanol–water partition coefficient (Wildman–Crippen LogP) is 0.592. The van der Waals surface area contributed by atoms with Crippen molar-refractivity contribution in [3.8, 4) is 0 Å². The van der Waals surface area contributed by atoms with E-state index in [9.17, 15) is 4.79 Å². The van der Waals surface area contributed by atoms with E-state index in [0.29, 0.717) is 0 Å². The number of rotatable bonds is 2. The molecule has 1 fully saturated rings. The fourth-order valence-electron chi connectivity index (χ4n) is 1.86. The number of aliphatic hydroxyl groups excluding tert-OH is 1. The molecule has 0 spiro atoms. The topological polar surface area (TPSA) is 49.3 Å². The highest BCUT2D eigenvalue weighted by molar-refractivity contribution is 5.79. The van der Waals surface area contributed by atoms with Crippen molar-refractivity contribution in [2.45, 2.75) is 37.8 Å². The molecule has 72 valence electrons. The molecule has 0 aromatic rings. The van der Waals surface area contributed by atoms with Crippen LogP contribution in [0, 0.1) is 5.92 Å². The third kappa shape index (κ3) is 1.91. The fourth-order valence-corrected chi connectivity index (χ4v) is 1.86. The molecular formula is C10H15NO2. The van der Waals surface area contributed by atoms with Crippen molar-refractivity contribution in [3.05, 3.63) is 12.2 Å². The molecule has 0 aromatic carbocycles. The Balaban J connectivity index is 1.72. The molecular weight excluding hydrogens is 166 g/mol. The Morgan fingerprint density at radius 3 is 2.46 bits per heavy atom. The monoisotopic (exact) mass is 181 g/mol. The molecule has 0 radical (unpaired) electrons. The average Bonchev–Trinajstić information content (AvgIpc) is 2.53. The molecule has 2 aliphatic rings. The van der Waals surface area contributed by atoms with Gasteiger partial charge in [-0.25, -0.2) is 0 Å². The molecule has 0 aromatic heterocycles. The molecule has 2 rings (SSSR count). The maximum atomic E-state index is 11.5. The first-order valence-electron chi connectivity index (χ1n) is 4.89. The smallest absolute Gasteiger partial charge is 0.223 e. The summed E-state index contributed by atoms with van der Waals surface area (Å²) in [6.07, 6.45) is 7.13. The normalized spacial score (nSPS) is 33.0. The van der Waals surface area contributed by atoms with E-state index in [1.165, 1.54) is 0 Å². The molecule has 0 saturated heterocycles. The van der Waals surface area contributed by atoms with Crippen LogP contribution in [0.1, 0.15) is 25.7 Å². The Hall–Kier alpha value is -0.830. The van der Waals surface area contributed by atoms with Crippen LogP contribution in [0.2, 0.25) is 0 Å². The number of carbonyl (C=O) groups is 1. The van der Waals surface area contributed by atoms with Crippen LogP contribution in [0.3, 0.4) is 0 Å². The molecule has 0 atom stereocenters. The zero-order chi connectivity index (χ0) is 9.26. The lowest BCUT2D eigenvalue weighted by molar-refractivity contribution is -0.126. The number of aliphatic hydroxyl groups is 1. The second kappa shape index (κ2) is 3.50. The van der Waals surface area contributed by atoms with Gasteiger partial charge in [0.25, 0.3) is 0 Å². The van der Waals surface area contributed by atoms with E-state index in [4.69, 9.17) is 5.11 Å². The van der Waals surface area contributed by atoms with Crippen LogP contribution in [0.4, 0.5) is 0 Å². The van der Waals surface area contributed by atoms with Crippen molar-refractivity contribution in [1.82, 2.24) is 5.32 Å². The van der Waals surface area contributed by atoms with Gasteiger partial charge in [-0.1, -0.05) is 12.2 Å². The number of amides is 1. The van der Waals surface area contributed by atoms with Crippen LogP contribution in [-0.2, 0) is 4.79 Å². The molecule has 0 unspecified atom stereocenters. The summed E-state index contributed by atoms with van der Waals surface area (Å²) in [4.78, 5) is 11.5. The Morgan fingerprint density at radius 2 is 1.92 bits per heavy atom. The molecule has 13 heavy (non-hydrogen) atoms. The van der Waals surface area contributed by atoms with Gasteiger partial charge in [0.05, 0.1) is 6.10 Å². The summed E-state index contributed by atoms with van der Waals surface area (Å²) in [5, 5.41) is 12.0. The Kier molecular flexibility index (Phi) is 2.36. The van der Waals surface area contributed by atoms with Crippen molar-refractivity contribution >= 4 is 5.91 Å². The first-order chi connectivity index (χ1) is 6.25. The van der Waals surface area contributed by atoms with Crippen LogP contribution in [-0.4, -0.2) is 23.2 Å². The molecule has 0 heterocycles. The van der Waals surface area contributed by atoms with Gasteiger partial charge in [-0.2, -0.15) is 0 Å². The second-order valence-electron chi connectivity index (χ2n) is 3.97. The molecule has 2 aliphatic carbocycles. The van der Waals surface area contributed by atoms with Gasteiger partial charge in [0.15, 0.2) is 0 Å². The summed E-state index contributed by atoms with van der Waals surface area (Å²) in [6.45, 7) is 0. The largest absolute Gasteiger partial charge is 0.393 e. The summed E-state index contributed by atoms with van der Waals surface area (Å²) in [6, 6.07) is 0.225. The number of hydrogen-bond acceptors (Lipinski definition) is 2. The summed E-state index contributed by atoms with van der Waals surface area (Å²) < 4.78 is 0. The minimum absolute atomic E-state index is 0.151. The Bertz CT molecular complexity index is 223. The summed E-state index contributed by atoms with van der Waals surface area (Å²) in [5.74, 6) is 0.305. The Labute approximate surface area is 77.8 Å². The van der Waals surface area contributed by atoms with Crippen LogP contribution < -0.4 is 5.32 Å². The second-order valence-corrected chi connectivity index (χ2v) is 3.97. The lowest BCUT2D eigenvalue weighted by Crippen LogP contribution is -2.48.